The van der Waals surface area contributed by atoms with Gasteiger partial charge in [-0.3, -0.25) is 0 Å². The third-order valence-electron chi connectivity index (χ3n) is 4.61. The molecule has 0 heterocycles. The molecule has 0 rings (SSSR count). The van der Waals surface area contributed by atoms with E-state index >= 15 is 0 Å². The maximum atomic E-state index is 11.5. The van der Waals surface area contributed by atoms with Gasteiger partial charge in [-0.15, -0.1) is 0 Å². The molecule has 0 aromatic heterocycles. The summed E-state index contributed by atoms with van der Waals surface area (Å²) in [6, 6.07) is 0. The Kier molecular flexibility index (Phi) is 15.4. The van der Waals surface area contributed by atoms with Gasteiger partial charge in [-0.25, -0.2) is 19.4 Å². The highest BCUT2D eigenvalue weighted by molar-refractivity contribution is 6.01. The van der Waals surface area contributed by atoms with Gasteiger partial charge >= 0.3 is 11.9 Å². The first-order valence-electron chi connectivity index (χ1n) is 10.3. The lowest BCUT2D eigenvalue weighted by Gasteiger charge is -2.23. The second-order valence-electron chi connectivity index (χ2n) is 6.98. The molecule has 0 bridgehead atoms. The van der Waals surface area contributed by atoms with Gasteiger partial charge in [0, 0.05) is 6.42 Å². The molecule has 2 N–H and O–H groups in total. The smallest absolute Gasteiger partial charge is 0.351 e. The van der Waals surface area contributed by atoms with Crippen LogP contribution in [0.25, 0.3) is 0 Å². The molecule has 154 valence electrons. The molecule has 0 saturated carbocycles. The molecule has 0 saturated heterocycles. The van der Waals surface area contributed by atoms with Crippen LogP contribution in [0, 0.1) is 0 Å². The van der Waals surface area contributed by atoms with Gasteiger partial charge < -0.3 is 10.2 Å². The van der Waals surface area contributed by atoms with Crippen molar-refractivity contribution in [3.05, 3.63) is 0 Å². The van der Waals surface area contributed by atoms with Crippen molar-refractivity contribution in [2.45, 2.75) is 109 Å². The fraction of sp³-hybridized carbons (Fsp3) is 0.900. The molecule has 0 unspecified atom stereocenters. The number of carbonyl (C=O) groups is 2. The van der Waals surface area contributed by atoms with E-state index < -0.39 is 17.5 Å². The molecule has 0 aliphatic rings. The van der Waals surface area contributed by atoms with Gasteiger partial charge in [0.15, 0.2) is 0 Å². The van der Waals surface area contributed by atoms with Crippen molar-refractivity contribution in [1.82, 2.24) is 0 Å². The lowest BCUT2D eigenvalue weighted by molar-refractivity contribution is -0.349. The monoisotopic (exact) mass is 374 g/mol. The van der Waals surface area contributed by atoms with Crippen LogP contribution in [0.15, 0.2) is 0 Å². The van der Waals surface area contributed by atoms with Crippen molar-refractivity contribution in [2.24, 2.45) is 0 Å². The van der Waals surface area contributed by atoms with Gasteiger partial charge in [0.1, 0.15) is 0 Å². The molecule has 0 aliphatic carbocycles. The first kappa shape index (κ1) is 24.9. The minimum Gasteiger partial charge on any atom is -0.479 e. The van der Waals surface area contributed by atoms with Crippen LogP contribution in [-0.2, 0) is 19.4 Å². The predicted octanol–water partition coefficient (Wildman–Crippen LogP) is 5.34. The number of carboxylic acids is 2. The average molecular weight is 375 g/mol. The Labute approximate surface area is 158 Å². The number of aliphatic carboxylic acids is 2. The van der Waals surface area contributed by atoms with Gasteiger partial charge in [-0.05, 0) is 12.8 Å². The van der Waals surface area contributed by atoms with Crippen LogP contribution in [0.4, 0.5) is 0 Å². The SMILES string of the molecule is CCCCCCCCCOOC(CCCCCCCC)(C(=O)O)C(=O)O. The van der Waals surface area contributed by atoms with Gasteiger partial charge in [0.05, 0.1) is 6.61 Å². The molecular formula is C20H38O6. The van der Waals surface area contributed by atoms with E-state index in [1.54, 1.807) is 0 Å². The number of carboxylic acid groups (broad SMARTS) is 2. The van der Waals surface area contributed by atoms with Crippen LogP contribution in [-0.4, -0.2) is 34.4 Å². The van der Waals surface area contributed by atoms with Crippen molar-refractivity contribution >= 4 is 11.9 Å². The quantitative estimate of drug-likeness (QED) is 0.137. The minimum absolute atomic E-state index is 0.0825. The zero-order valence-electron chi connectivity index (χ0n) is 16.6. The zero-order valence-corrected chi connectivity index (χ0v) is 16.6. The molecule has 26 heavy (non-hydrogen) atoms. The molecule has 6 heteroatoms. The third-order valence-corrected chi connectivity index (χ3v) is 4.61. The number of unbranched alkanes of at least 4 members (excludes halogenated alkanes) is 11. The fourth-order valence-corrected chi connectivity index (χ4v) is 2.83. The summed E-state index contributed by atoms with van der Waals surface area (Å²) in [5, 5.41) is 18.7. The van der Waals surface area contributed by atoms with Crippen LogP contribution >= 0.6 is 0 Å². The molecule has 0 aromatic rings. The highest BCUT2D eigenvalue weighted by Crippen LogP contribution is 2.23. The second kappa shape index (κ2) is 16.1. The van der Waals surface area contributed by atoms with E-state index in [2.05, 4.69) is 13.8 Å². The van der Waals surface area contributed by atoms with Gasteiger partial charge in [-0.1, -0.05) is 84.5 Å². The Bertz CT molecular complexity index is 355. The molecule has 0 aromatic carbocycles. The van der Waals surface area contributed by atoms with Gasteiger partial charge in [-0.2, -0.15) is 0 Å². The number of hydrogen-bond donors (Lipinski definition) is 2. The average Bonchev–Trinajstić information content (AvgIpc) is 2.60. The lowest BCUT2D eigenvalue weighted by atomic mass is 9.95. The van der Waals surface area contributed by atoms with Crippen molar-refractivity contribution in [3.8, 4) is 0 Å². The summed E-state index contributed by atoms with van der Waals surface area (Å²) in [5.41, 5.74) is -2.30. The van der Waals surface area contributed by atoms with Crippen molar-refractivity contribution in [3.63, 3.8) is 0 Å². The molecule has 0 spiro atoms. The first-order chi connectivity index (χ1) is 12.5. The largest absolute Gasteiger partial charge is 0.479 e. The molecule has 0 fully saturated rings. The number of rotatable bonds is 19. The lowest BCUT2D eigenvalue weighted by Crippen LogP contribution is -2.49. The van der Waals surface area contributed by atoms with Gasteiger partial charge in [0.2, 0.25) is 0 Å². The van der Waals surface area contributed by atoms with Crippen LogP contribution in [0.5, 0.6) is 0 Å². The molecule has 0 aliphatic heterocycles. The molecule has 6 nitrogen and oxygen atoms in total. The van der Waals surface area contributed by atoms with Crippen LogP contribution in [0.3, 0.4) is 0 Å². The van der Waals surface area contributed by atoms with Crippen LogP contribution in [0.1, 0.15) is 104 Å². The minimum atomic E-state index is -2.30. The summed E-state index contributed by atoms with van der Waals surface area (Å²) in [6.45, 7) is 4.51. The normalized spacial score (nSPS) is 11.6. The summed E-state index contributed by atoms with van der Waals surface area (Å²) in [6.07, 6.45) is 13.2. The van der Waals surface area contributed by atoms with E-state index in [4.69, 9.17) is 9.78 Å². The highest BCUT2D eigenvalue weighted by Gasteiger charge is 2.49. The maximum absolute atomic E-state index is 11.5. The molecule has 0 atom stereocenters. The predicted molar refractivity (Wildman–Crippen MR) is 101 cm³/mol. The summed E-state index contributed by atoms with van der Waals surface area (Å²) in [5.74, 6) is -3.00. The van der Waals surface area contributed by atoms with Crippen molar-refractivity contribution < 1.29 is 29.6 Å². The maximum Gasteiger partial charge on any atom is 0.351 e. The van der Waals surface area contributed by atoms with E-state index in [9.17, 15) is 19.8 Å². The van der Waals surface area contributed by atoms with E-state index in [1.807, 2.05) is 0 Å². The summed E-state index contributed by atoms with van der Waals surface area (Å²) >= 11 is 0. The van der Waals surface area contributed by atoms with E-state index in [-0.39, 0.29) is 13.0 Å². The third kappa shape index (κ3) is 10.8. The Hall–Kier alpha value is -1.14. The number of hydrogen-bond acceptors (Lipinski definition) is 4. The topological polar surface area (TPSA) is 93.1 Å². The Morgan fingerprint density at radius 1 is 0.692 bits per heavy atom. The first-order valence-corrected chi connectivity index (χ1v) is 10.3. The highest BCUT2D eigenvalue weighted by atomic mass is 17.2. The van der Waals surface area contributed by atoms with E-state index in [1.165, 1.54) is 25.7 Å². The molecule has 0 amide bonds. The van der Waals surface area contributed by atoms with Crippen molar-refractivity contribution in [1.29, 1.82) is 0 Å². The van der Waals surface area contributed by atoms with Crippen LogP contribution < -0.4 is 0 Å². The Balaban J connectivity index is 4.14. The second-order valence-corrected chi connectivity index (χ2v) is 6.98. The summed E-state index contributed by atoms with van der Waals surface area (Å²) in [7, 11) is 0. The van der Waals surface area contributed by atoms with E-state index in [0.29, 0.717) is 6.42 Å². The summed E-state index contributed by atoms with van der Waals surface area (Å²) in [4.78, 5) is 32.9. The Morgan fingerprint density at radius 2 is 1.12 bits per heavy atom. The standard InChI is InChI=1S/C20H38O6/c1-3-5-7-9-11-13-15-17-25-26-20(18(21)22,19(23)24)16-14-12-10-8-6-4-2/h3-17H2,1-2H3,(H,21,22)(H,23,24). The van der Waals surface area contributed by atoms with E-state index in [0.717, 1.165) is 51.4 Å². The molecular weight excluding hydrogens is 336 g/mol. The van der Waals surface area contributed by atoms with Crippen LogP contribution in [0.2, 0.25) is 0 Å². The Morgan fingerprint density at radius 3 is 1.58 bits per heavy atom. The molecule has 0 radical (unpaired) electrons. The van der Waals surface area contributed by atoms with Gasteiger partial charge in [0.25, 0.3) is 5.60 Å². The van der Waals surface area contributed by atoms with Crippen molar-refractivity contribution in [2.75, 3.05) is 6.61 Å². The fourth-order valence-electron chi connectivity index (χ4n) is 2.83. The zero-order chi connectivity index (χ0) is 19.7. The summed E-state index contributed by atoms with van der Waals surface area (Å²) < 4.78 is 0.